The lowest BCUT2D eigenvalue weighted by molar-refractivity contribution is 0.709. The summed E-state index contributed by atoms with van der Waals surface area (Å²) in [4.78, 5) is 10.2. The first-order valence-corrected chi connectivity index (χ1v) is 10.2. The highest BCUT2D eigenvalue weighted by Gasteiger charge is 2.07. The van der Waals surface area contributed by atoms with Gasteiger partial charge in [-0.3, -0.25) is 0 Å². The molecular formula is C21H27N5S. The van der Waals surface area contributed by atoms with Gasteiger partial charge in [-0.1, -0.05) is 37.3 Å². The highest BCUT2D eigenvalue weighted by atomic mass is 32.1. The van der Waals surface area contributed by atoms with Crippen LogP contribution in [-0.4, -0.2) is 28.6 Å². The van der Waals surface area contributed by atoms with Crippen molar-refractivity contribution in [3.8, 4) is 0 Å². The SMILES string of the molecule is CCNC(=NCc1cccc(Cn2ccnc2)c1)NCC(C)c1cccs1. The Morgan fingerprint density at radius 1 is 1.22 bits per heavy atom. The van der Waals surface area contributed by atoms with E-state index in [0.717, 1.165) is 25.6 Å². The van der Waals surface area contributed by atoms with Gasteiger partial charge in [-0.05, 0) is 29.5 Å². The highest BCUT2D eigenvalue weighted by molar-refractivity contribution is 7.10. The number of aliphatic imine (C=N–C) groups is 1. The zero-order valence-electron chi connectivity index (χ0n) is 15.9. The molecule has 0 amide bonds. The van der Waals surface area contributed by atoms with E-state index in [4.69, 9.17) is 4.99 Å². The van der Waals surface area contributed by atoms with E-state index in [1.165, 1.54) is 16.0 Å². The minimum atomic E-state index is 0.465. The fraction of sp³-hybridized carbons (Fsp3) is 0.333. The van der Waals surface area contributed by atoms with Gasteiger partial charge in [-0.25, -0.2) is 9.98 Å². The molecule has 0 aliphatic heterocycles. The zero-order chi connectivity index (χ0) is 18.9. The molecule has 1 atom stereocenters. The average molecular weight is 382 g/mol. The van der Waals surface area contributed by atoms with Crippen molar-refractivity contribution in [1.82, 2.24) is 20.2 Å². The summed E-state index contributed by atoms with van der Waals surface area (Å²) in [5.74, 6) is 1.33. The van der Waals surface area contributed by atoms with Crippen molar-refractivity contribution in [2.75, 3.05) is 13.1 Å². The Morgan fingerprint density at radius 3 is 2.85 bits per heavy atom. The van der Waals surface area contributed by atoms with Crippen LogP contribution in [0.15, 0.2) is 65.5 Å². The molecule has 0 aliphatic carbocycles. The second-order valence-electron chi connectivity index (χ2n) is 6.55. The second kappa shape index (κ2) is 9.92. The van der Waals surface area contributed by atoms with E-state index in [1.54, 1.807) is 17.5 Å². The minimum Gasteiger partial charge on any atom is -0.357 e. The lowest BCUT2D eigenvalue weighted by atomic mass is 10.1. The van der Waals surface area contributed by atoms with Gasteiger partial charge in [0, 0.05) is 42.8 Å². The van der Waals surface area contributed by atoms with E-state index in [1.807, 2.05) is 12.5 Å². The molecule has 3 rings (SSSR count). The number of imidazole rings is 1. The van der Waals surface area contributed by atoms with Crippen molar-refractivity contribution < 1.29 is 0 Å². The summed E-state index contributed by atoms with van der Waals surface area (Å²) in [6.45, 7) is 7.52. The number of benzene rings is 1. The van der Waals surface area contributed by atoms with E-state index >= 15 is 0 Å². The number of guanidine groups is 1. The van der Waals surface area contributed by atoms with Gasteiger partial charge < -0.3 is 15.2 Å². The molecule has 142 valence electrons. The Kier molecular flexibility index (Phi) is 7.04. The van der Waals surface area contributed by atoms with Crippen LogP contribution in [0.25, 0.3) is 0 Å². The first kappa shape index (κ1) is 19.2. The number of hydrogen-bond acceptors (Lipinski definition) is 3. The minimum absolute atomic E-state index is 0.465. The lowest BCUT2D eigenvalue weighted by Crippen LogP contribution is -2.39. The van der Waals surface area contributed by atoms with E-state index < -0.39 is 0 Å². The monoisotopic (exact) mass is 381 g/mol. The van der Waals surface area contributed by atoms with E-state index in [9.17, 15) is 0 Å². The van der Waals surface area contributed by atoms with Crippen molar-refractivity contribution in [3.63, 3.8) is 0 Å². The van der Waals surface area contributed by atoms with Crippen LogP contribution in [0.5, 0.6) is 0 Å². The average Bonchev–Trinajstić information content (AvgIpc) is 3.38. The fourth-order valence-electron chi connectivity index (χ4n) is 2.85. The Morgan fingerprint density at radius 2 is 2.11 bits per heavy atom. The molecule has 6 heteroatoms. The normalized spacial score (nSPS) is 12.7. The first-order chi connectivity index (χ1) is 13.2. The van der Waals surface area contributed by atoms with Crippen molar-refractivity contribution >= 4 is 17.3 Å². The van der Waals surface area contributed by atoms with Crippen LogP contribution < -0.4 is 10.6 Å². The zero-order valence-corrected chi connectivity index (χ0v) is 16.7. The number of thiophene rings is 1. The Labute approximate surface area is 165 Å². The van der Waals surface area contributed by atoms with E-state index in [0.29, 0.717) is 12.5 Å². The summed E-state index contributed by atoms with van der Waals surface area (Å²) in [5.41, 5.74) is 2.46. The van der Waals surface area contributed by atoms with Gasteiger partial charge in [0.2, 0.25) is 0 Å². The topological polar surface area (TPSA) is 54.2 Å². The Hall–Kier alpha value is -2.60. The van der Waals surface area contributed by atoms with Gasteiger partial charge in [0.1, 0.15) is 0 Å². The number of nitrogens with zero attached hydrogens (tertiary/aromatic N) is 3. The van der Waals surface area contributed by atoms with Gasteiger partial charge >= 0.3 is 0 Å². The van der Waals surface area contributed by atoms with Crippen LogP contribution in [0.1, 0.15) is 35.8 Å². The third-order valence-corrected chi connectivity index (χ3v) is 5.39. The first-order valence-electron chi connectivity index (χ1n) is 9.33. The molecule has 3 aromatic rings. The molecule has 0 spiro atoms. The van der Waals surface area contributed by atoms with Crippen molar-refractivity contribution in [3.05, 3.63) is 76.5 Å². The summed E-state index contributed by atoms with van der Waals surface area (Å²) in [6.07, 6.45) is 5.62. The maximum absolute atomic E-state index is 4.75. The Bertz CT molecular complexity index is 824. The summed E-state index contributed by atoms with van der Waals surface area (Å²) >= 11 is 1.80. The molecule has 0 saturated carbocycles. The number of nitrogens with one attached hydrogen (secondary N) is 2. The maximum atomic E-state index is 4.75. The van der Waals surface area contributed by atoms with Crippen LogP contribution in [0.2, 0.25) is 0 Å². The number of aromatic nitrogens is 2. The predicted octanol–water partition coefficient (Wildman–Crippen LogP) is 3.85. The Balaban J connectivity index is 1.59. The maximum Gasteiger partial charge on any atom is 0.191 e. The molecule has 0 aliphatic rings. The summed E-state index contributed by atoms with van der Waals surface area (Å²) in [6, 6.07) is 12.9. The third-order valence-electron chi connectivity index (χ3n) is 4.28. The van der Waals surface area contributed by atoms with Crippen molar-refractivity contribution in [1.29, 1.82) is 0 Å². The summed E-state index contributed by atoms with van der Waals surface area (Å²) < 4.78 is 2.07. The fourth-order valence-corrected chi connectivity index (χ4v) is 3.64. The highest BCUT2D eigenvalue weighted by Crippen LogP contribution is 2.19. The quantitative estimate of drug-likeness (QED) is 0.460. The molecule has 0 fully saturated rings. The molecule has 2 aromatic heterocycles. The number of rotatable bonds is 8. The van der Waals surface area contributed by atoms with Crippen LogP contribution >= 0.6 is 11.3 Å². The number of hydrogen-bond donors (Lipinski definition) is 2. The third kappa shape index (κ3) is 5.96. The smallest absolute Gasteiger partial charge is 0.191 e. The molecule has 2 N–H and O–H groups in total. The van der Waals surface area contributed by atoms with E-state index in [2.05, 4.69) is 75.8 Å². The van der Waals surface area contributed by atoms with Gasteiger partial charge in [-0.2, -0.15) is 0 Å². The van der Waals surface area contributed by atoms with Crippen LogP contribution in [0, 0.1) is 0 Å². The molecule has 27 heavy (non-hydrogen) atoms. The molecule has 1 aromatic carbocycles. The van der Waals surface area contributed by atoms with Crippen molar-refractivity contribution in [2.24, 2.45) is 4.99 Å². The predicted molar refractivity (Wildman–Crippen MR) is 113 cm³/mol. The van der Waals surface area contributed by atoms with Crippen LogP contribution in [0.3, 0.4) is 0 Å². The lowest BCUT2D eigenvalue weighted by Gasteiger charge is -2.15. The largest absolute Gasteiger partial charge is 0.357 e. The molecule has 0 bridgehead atoms. The standard InChI is InChI=1S/C21H27N5S/c1-3-23-21(24-13-17(2)20-8-5-11-27-20)25-14-18-6-4-7-19(12-18)15-26-10-9-22-16-26/h4-12,16-17H,3,13-15H2,1-2H3,(H2,23,24,25). The van der Waals surface area contributed by atoms with Gasteiger partial charge in [0.05, 0.1) is 12.9 Å². The molecule has 0 radical (unpaired) electrons. The second-order valence-corrected chi connectivity index (χ2v) is 7.53. The molecule has 0 saturated heterocycles. The van der Waals surface area contributed by atoms with Crippen LogP contribution in [0.4, 0.5) is 0 Å². The van der Waals surface area contributed by atoms with Gasteiger partial charge in [0.25, 0.3) is 0 Å². The van der Waals surface area contributed by atoms with Gasteiger partial charge in [0.15, 0.2) is 5.96 Å². The van der Waals surface area contributed by atoms with Crippen molar-refractivity contribution in [2.45, 2.75) is 32.9 Å². The van der Waals surface area contributed by atoms with E-state index in [-0.39, 0.29) is 0 Å². The van der Waals surface area contributed by atoms with Crippen LogP contribution in [-0.2, 0) is 13.1 Å². The molecule has 2 heterocycles. The summed E-state index contributed by atoms with van der Waals surface area (Å²) in [5, 5.41) is 8.92. The summed E-state index contributed by atoms with van der Waals surface area (Å²) in [7, 11) is 0. The molecular weight excluding hydrogens is 354 g/mol. The molecule has 1 unspecified atom stereocenters. The van der Waals surface area contributed by atoms with Gasteiger partial charge in [-0.15, -0.1) is 11.3 Å². The molecule has 5 nitrogen and oxygen atoms in total.